The summed E-state index contributed by atoms with van der Waals surface area (Å²) >= 11 is 0. The summed E-state index contributed by atoms with van der Waals surface area (Å²) in [5.74, 6) is -1.52. The van der Waals surface area contributed by atoms with Crippen molar-refractivity contribution < 1.29 is 29.0 Å². The van der Waals surface area contributed by atoms with E-state index >= 15 is 0 Å². The van der Waals surface area contributed by atoms with Gasteiger partial charge in [0.1, 0.15) is 13.2 Å². The average Bonchev–Trinajstić information content (AvgIpc) is 3.47. The van der Waals surface area contributed by atoms with Crippen LogP contribution in [0.1, 0.15) is 40.5 Å². The number of imide groups is 1. The molecule has 0 unspecified atom stereocenters. The summed E-state index contributed by atoms with van der Waals surface area (Å²) in [6.45, 7) is -0.344. The molecule has 0 atom stereocenters. The Labute approximate surface area is 231 Å². The fourth-order valence-corrected chi connectivity index (χ4v) is 5.81. The Morgan fingerprint density at radius 3 is 1.23 bits per heavy atom. The van der Waals surface area contributed by atoms with Gasteiger partial charge in [-0.1, -0.05) is 97.1 Å². The second-order valence-corrected chi connectivity index (χ2v) is 9.90. The summed E-state index contributed by atoms with van der Waals surface area (Å²) in [5.41, 5.74) is 8.47. The summed E-state index contributed by atoms with van der Waals surface area (Å²) in [4.78, 5) is 38.4. The van der Waals surface area contributed by atoms with Crippen LogP contribution in [0.15, 0.2) is 97.1 Å². The molecular weight excluding hydrogens is 506 g/mol. The molecule has 0 heterocycles. The molecule has 0 radical (unpaired) electrons. The first-order chi connectivity index (χ1) is 19.5. The van der Waals surface area contributed by atoms with Gasteiger partial charge in [0.15, 0.2) is 0 Å². The van der Waals surface area contributed by atoms with E-state index < -0.39 is 24.6 Å². The van der Waals surface area contributed by atoms with E-state index in [2.05, 4.69) is 0 Å². The van der Waals surface area contributed by atoms with Crippen LogP contribution in [0.4, 0.5) is 9.59 Å². The molecule has 200 valence electrons. The van der Waals surface area contributed by atoms with Gasteiger partial charge >= 0.3 is 18.2 Å². The summed E-state index contributed by atoms with van der Waals surface area (Å²) in [5, 5.41) is 9.24. The lowest BCUT2D eigenvalue weighted by molar-refractivity contribution is -0.137. The number of ether oxygens (including phenoxy) is 2. The molecule has 0 aromatic heterocycles. The number of aliphatic carboxylic acids is 1. The molecule has 1 N–H and O–H groups in total. The van der Waals surface area contributed by atoms with Gasteiger partial charge in [-0.05, 0) is 44.5 Å². The van der Waals surface area contributed by atoms with E-state index in [0.29, 0.717) is 0 Å². The molecule has 2 aliphatic rings. The molecule has 4 aromatic carbocycles. The van der Waals surface area contributed by atoms with Gasteiger partial charge in [-0.2, -0.15) is 0 Å². The number of fused-ring (bicyclic) bond motifs is 6. The van der Waals surface area contributed by atoms with Crippen molar-refractivity contribution in [3.05, 3.63) is 119 Å². The molecule has 4 aromatic rings. The zero-order valence-corrected chi connectivity index (χ0v) is 21.7. The first kappa shape index (κ1) is 25.4. The molecule has 7 nitrogen and oxygen atoms in total. The molecule has 40 heavy (non-hydrogen) atoms. The summed E-state index contributed by atoms with van der Waals surface area (Å²) in [6, 6.07) is 31.8. The lowest BCUT2D eigenvalue weighted by Crippen LogP contribution is -2.40. The predicted octanol–water partition coefficient (Wildman–Crippen LogP) is 6.66. The van der Waals surface area contributed by atoms with Crippen molar-refractivity contribution in [3.63, 3.8) is 0 Å². The number of rotatable bonds is 7. The van der Waals surface area contributed by atoms with Crippen molar-refractivity contribution in [2.75, 3.05) is 19.8 Å². The number of carbonyl (C=O) groups excluding carboxylic acids is 2. The zero-order valence-electron chi connectivity index (χ0n) is 21.7. The number of carbonyl (C=O) groups is 3. The summed E-state index contributed by atoms with van der Waals surface area (Å²) in [6.07, 6.45) is -2.28. The van der Waals surface area contributed by atoms with Crippen LogP contribution in [-0.2, 0) is 14.3 Å². The normalized spacial score (nSPS) is 13.1. The minimum Gasteiger partial charge on any atom is -0.481 e. The van der Waals surface area contributed by atoms with Crippen molar-refractivity contribution >= 4 is 18.2 Å². The molecule has 0 aliphatic heterocycles. The Kier molecular flexibility index (Phi) is 6.78. The van der Waals surface area contributed by atoms with Crippen molar-refractivity contribution in [3.8, 4) is 22.3 Å². The molecule has 2 aliphatic carbocycles. The monoisotopic (exact) mass is 533 g/mol. The topological polar surface area (TPSA) is 93.1 Å². The highest BCUT2D eigenvalue weighted by molar-refractivity contribution is 5.89. The quantitative estimate of drug-likeness (QED) is 0.286. The van der Waals surface area contributed by atoms with Crippen LogP contribution in [0.25, 0.3) is 22.3 Å². The molecular formula is C33H27NO6. The third-order valence-electron chi connectivity index (χ3n) is 7.66. The molecule has 7 heteroatoms. The van der Waals surface area contributed by atoms with Gasteiger partial charge in [-0.25, -0.2) is 14.5 Å². The third kappa shape index (κ3) is 4.60. The Balaban J connectivity index is 1.17. The highest BCUT2D eigenvalue weighted by Gasteiger charge is 2.33. The van der Waals surface area contributed by atoms with Crippen molar-refractivity contribution in [1.82, 2.24) is 4.90 Å². The third-order valence-corrected chi connectivity index (χ3v) is 7.66. The van der Waals surface area contributed by atoms with E-state index in [-0.39, 0.29) is 31.6 Å². The van der Waals surface area contributed by atoms with Gasteiger partial charge in [0.2, 0.25) is 0 Å². The Bertz CT molecular complexity index is 1410. The van der Waals surface area contributed by atoms with E-state index in [1.54, 1.807) is 0 Å². The average molecular weight is 534 g/mol. The van der Waals surface area contributed by atoms with Crippen LogP contribution in [0.5, 0.6) is 0 Å². The van der Waals surface area contributed by atoms with Crippen LogP contribution < -0.4 is 0 Å². The van der Waals surface area contributed by atoms with E-state index in [0.717, 1.165) is 49.4 Å². The Hall–Kier alpha value is -4.91. The van der Waals surface area contributed by atoms with E-state index in [1.807, 2.05) is 97.1 Å². The van der Waals surface area contributed by atoms with Crippen LogP contribution in [0, 0.1) is 0 Å². The minimum atomic E-state index is -1.14. The molecule has 6 rings (SSSR count). The largest absolute Gasteiger partial charge is 0.481 e. The predicted molar refractivity (Wildman–Crippen MR) is 149 cm³/mol. The van der Waals surface area contributed by atoms with Crippen LogP contribution >= 0.6 is 0 Å². The molecule has 0 saturated carbocycles. The minimum absolute atomic E-state index is 0.00703. The van der Waals surface area contributed by atoms with Gasteiger partial charge in [0.25, 0.3) is 0 Å². The number of hydrogen-bond acceptors (Lipinski definition) is 5. The molecule has 0 bridgehead atoms. The molecule has 0 spiro atoms. The number of carboxylic acid groups (broad SMARTS) is 1. The highest BCUT2D eigenvalue weighted by Crippen LogP contribution is 2.45. The standard InChI is InChI=1S/C33H27NO6/c35-31(36)17-18-34(32(37)39-19-29-25-13-5-1-9-21(25)22-10-2-6-14-26(22)29)33(38)40-20-30-27-15-7-3-11-23(27)24-12-4-8-16-28(24)30/h1-16,29-30H,17-20H2,(H,35,36). The van der Waals surface area contributed by atoms with Crippen LogP contribution in [-0.4, -0.2) is 47.9 Å². The Morgan fingerprint density at radius 2 is 0.900 bits per heavy atom. The second-order valence-electron chi connectivity index (χ2n) is 9.90. The highest BCUT2D eigenvalue weighted by atomic mass is 16.6. The fraction of sp³-hybridized carbons (Fsp3) is 0.182. The van der Waals surface area contributed by atoms with E-state index in [4.69, 9.17) is 9.47 Å². The van der Waals surface area contributed by atoms with Crippen LogP contribution in [0.2, 0.25) is 0 Å². The molecule has 0 fully saturated rings. The van der Waals surface area contributed by atoms with Gasteiger partial charge in [-0.3, -0.25) is 4.79 Å². The zero-order chi connectivity index (χ0) is 27.6. The van der Waals surface area contributed by atoms with Gasteiger partial charge < -0.3 is 14.6 Å². The maximum atomic E-state index is 13.2. The van der Waals surface area contributed by atoms with Gasteiger partial charge in [0.05, 0.1) is 6.42 Å². The molecule has 0 saturated heterocycles. The van der Waals surface area contributed by atoms with Crippen LogP contribution in [0.3, 0.4) is 0 Å². The van der Waals surface area contributed by atoms with Gasteiger partial charge in [0, 0.05) is 18.4 Å². The van der Waals surface area contributed by atoms with Crippen molar-refractivity contribution in [2.45, 2.75) is 18.3 Å². The van der Waals surface area contributed by atoms with Crippen molar-refractivity contribution in [1.29, 1.82) is 0 Å². The fourth-order valence-electron chi connectivity index (χ4n) is 5.81. The maximum absolute atomic E-state index is 13.2. The van der Waals surface area contributed by atoms with Gasteiger partial charge in [-0.15, -0.1) is 0 Å². The number of carboxylic acids is 1. The first-order valence-corrected chi connectivity index (χ1v) is 13.2. The summed E-state index contributed by atoms with van der Waals surface area (Å²) in [7, 11) is 0. The first-order valence-electron chi connectivity index (χ1n) is 13.2. The SMILES string of the molecule is O=C(O)CCN(C(=O)OCC1c2ccccc2-c2ccccc21)C(=O)OCC1c2ccccc2-c2ccccc21. The Morgan fingerprint density at radius 1 is 0.575 bits per heavy atom. The smallest absolute Gasteiger partial charge is 0.419 e. The number of nitrogens with zero attached hydrogens (tertiary/aromatic N) is 1. The second kappa shape index (κ2) is 10.7. The lowest BCUT2D eigenvalue weighted by Gasteiger charge is -2.22. The van der Waals surface area contributed by atoms with E-state index in [1.165, 1.54) is 0 Å². The number of amides is 2. The van der Waals surface area contributed by atoms with Crippen molar-refractivity contribution in [2.24, 2.45) is 0 Å². The molecule has 2 amide bonds. The number of benzene rings is 4. The van der Waals surface area contributed by atoms with E-state index in [9.17, 15) is 19.5 Å². The summed E-state index contributed by atoms with van der Waals surface area (Å²) < 4.78 is 11.3. The number of hydrogen-bond donors (Lipinski definition) is 1. The lowest BCUT2D eigenvalue weighted by atomic mass is 9.98. The maximum Gasteiger partial charge on any atom is 0.419 e.